The minimum Gasteiger partial charge on any atom is -0.300 e. The summed E-state index contributed by atoms with van der Waals surface area (Å²) in [6.45, 7) is 2.44. The first-order chi connectivity index (χ1) is 11.8. The van der Waals surface area contributed by atoms with E-state index < -0.39 is 6.17 Å². The Morgan fingerprint density at radius 3 is 2.92 bits per heavy atom. The molecule has 124 valence electrons. The molecule has 1 aliphatic heterocycles. The normalized spacial score (nSPS) is 20.6. The van der Waals surface area contributed by atoms with Gasteiger partial charge in [0.05, 0.1) is 5.69 Å². The molecule has 0 saturated carbocycles. The summed E-state index contributed by atoms with van der Waals surface area (Å²) in [6, 6.07) is 8.64. The van der Waals surface area contributed by atoms with E-state index in [4.69, 9.17) is 0 Å². The van der Waals surface area contributed by atoms with Gasteiger partial charge in [0.15, 0.2) is 0 Å². The van der Waals surface area contributed by atoms with Crippen LogP contribution in [0.3, 0.4) is 0 Å². The maximum atomic E-state index is 13.4. The smallest absolute Gasteiger partial charge is 0.114 e. The first kappa shape index (κ1) is 15.5. The van der Waals surface area contributed by atoms with Gasteiger partial charge in [0.25, 0.3) is 0 Å². The molecule has 3 nitrogen and oxygen atoms in total. The van der Waals surface area contributed by atoms with Gasteiger partial charge in [-0.25, -0.2) is 4.39 Å². The second kappa shape index (κ2) is 6.81. The van der Waals surface area contributed by atoms with Crippen LogP contribution >= 0.6 is 0 Å². The average Bonchev–Trinajstić information content (AvgIpc) is 3.18. The monoisotopic (exact) mass is 323 g/mol. The summed E-state index contributed by atoms with van der Waals surface area (Å²) in [6.07, 6.45) is 8.20. The quantitative estimate of drug-likeness (QED) is 0.844. The minimum atomic E-state index is -0.640. The molecular weight excluding hydrogens is 301 g/mol. The van der Waals surface area contributed by atoms with Crippen molar-refractivity contribution >= 4 is 5.57 Å². The highest BCUT2D eigenvalue weighted by molar-refractivity contribution is 5.77. The van der Waals surface area contributed by atoms with Crippen molar-refractivity contribution in [2.45, 2.75) is 31.9 Å². The predicted molar refractivity (Wildman–Crippen MR) is 93.4 cm³/mol. The number of aromatic nitrogens is 2. The Hall–Kier alpha value is -2.07. The van der Waals surface area contributed by atoms with Crippen LogP contribution in [-0.2, 0) is 12.8 Å². The van der Waals surface area contributed by atoms with Gasteiger partial charge in [-0.3, -0.25) is 9.97 Å². The van der Waals surface area contributed by atoms with E-state index in [2.05, 4.69) is 39.1 Å². The number of rotatable bonds is 5. The summed E-state index contributed by atoms with van der Waals surface area (Å²) >= 11 is 0. The van der Waals surface area contributed by atoms with Crippen LogP contribution in [0.5, 0.6) is 0 Å². The van der Waals surface area contributed by atoms with Crippen molar-refractivity contribution in [3.8, 4) is 0 Å². The van der Waals surface area contributed by atoms with E-state index in [1.807, 2.05) is 6.20 Å². The summed E-state index contributed by atoms with van der Waals surface area (Å²) < 4.78 is 13.4. The van der Waals surface area contributed by atoms with E-state index in [0.29, 0.717) is 13.0 Å². The van der Waals surface area contributed by atoms with Gasteiger partial charge in [-0.05, 0) is 36.0 Å². The molecule has 0 radical (unpaired) electrons. The number of nitrogens with zero attached hydrogens (tertiary/aromatic N) is 3. The number of fused-ring (bicyclic) bond motifs is 1. The molecule has 0 amide bonds. The lowest BCUT2D eigenvalue weighted by molar-refractivity contribution is 0.290. The predicted octanol–water partition coefficient (Wildman–Crippen LogP) is 3.46. The Labute approximate surface area is 142 Å². The molecule has 4 rings (SSSR count). The molecule has 1 atom stereocenters. The lowest BCUT2D eigenvalue weighted by Crippen LogP contribution is -2.22. The van der Waals surface area contributed by atoms with Gasteiger partial charge < -0.3 is 4.90 Å². The van der Waals surface area contributed by atoms with Crippen LogP contribution in [0.4, 0.5) is 4.39 Å². The third-order valence-corrected chi connectivity index (χ3v) is 5.09. The molecule has 24 heavy (non-hydrogen) atoms. The Balaban J connectivity index is 1.55. The maximum absolute atomic E-state index is 13.4. The lowest BCUT2D eigenvalue weighted by Gasteiger charge is -2.16. The Bertz CT molecular complexity index is 742. The third kappa shape index (κ3) is 3.24. The average molecular weight is 323 g/mol. The fourth-order valence-electron chi connectivity index (χ4n) is 3.84. The van der Waals surface area contributed by atoms with Crippen molar-refractivity contribution in [2.24, 2.45) is 0 Å². The topological polar surface area (TPSA) is 29.0 Å². The van der Waals surface area contributed by atoms with Crippen molar-refractivity contribution in [3.05, 3.63) is 65.2 Å². The molecule has 1 aromatic heterocycles. The number of alkyl halides is 1. The molecule has 1 aromatic carbocycles. The first-order valence-electron chi connectivity index (χ1n) is 8.70. The Morgan fingerprint density at radius 1 is 1.21 bits per heavy atom. The molecule has 0 spiro atoms. The largest absolute Gasteiger partial charge is 0.300 e. The van der Waals surface area contributed by atoms with Crippen LogP contribution in [0.1, 0.15) is 29.7 Å². The molecular formula is C20H22FN3. The van der Waals surface area contributed by atoms with Crippen molar-refractivity contribution < 1.29 is 4.39 Å². The highest BCUT2D eigenvalue weighted by Crippen LogP contribution is 2.36. The minimum absolute atomic E-state index is 0.597. The number of hydrogen-bond acceptors (Lipinski definition) is 3. The fourth-order valence-corrected chi connectivity index (χ4v) is 3.84. The zero-order valence-corrected chi connectivity index (χ0v) is 13.8. The second-order valence-corrected chi connectivity index (χ2v) is 6.73. The van der Waals surface area contributed by atoms with Gasteiger partial charge in [-0.1, -0.05) is 29.8 Å². The van der Waals surface area contributed by atoms with Gasteiger partial charge in [0.2, 0.25) is 0 Å². The summed E-state index contributed by atoms with van der Waals surface area (Å²) in [7, 11) is 0. The van der Waals surface area contributed by atoms with E-state index >= 15 is 0 Å². The SMILES string of the molecule is FC1CCN(CCC2=C(Cc3cnccn3)c3ccccc3C2)C1. The second-order valence-electron chi connectivity index (χ2n) is 6.73. The lowest BCUT2D eigenvalue weighted by atomic mass is 9.99. The van der Waals surface area contributed by atoms with Crippen LogP contribution in [0.25, 0.3) is 5.57 Å². The van der Waals surface area contributed by atoms with Gasteiger partial charge in [0, 0.05) is 44.6 Å². The summed E-state index contributed by atoms with van der Waals surface area (Å²) in [5.74, 6) is 0. The van der Waals surface area contributed by atoms with E-state index in [1.165, 1.54) is 22.3 Å². The van der Waals surface area contributed by atoms with Crippen molar-refractivity contribution in [1.29, 1.82) is 0 Å². The van der Waals surface area contributed by atoms with Gasteiger partial charge in [-0.15, -0.1) is 0 Å². The molecule has 4 heteroatoms. The number of hydrogen-bond donors (Lipinski definition) is 0. The van der Waals surface area contributed by atoms with Gasteiger partial charge in [0.1, 0.15) is 6.17 Å². The van der Waals surface area contributed by atoms with E-state index in [-0.39, 0.29) is 0 Å². The zero-order valence-electron chi connectivity index (χ0n) is 13.8. The van der Waals surface area contributed by atoms with Crippen LogP contribution in [0, 0.1) is 0 Å². The molecule has 1 fully saturated rings. The van der Waals surface area contributed by atoms with Crippen molar-refractivity contribution in [3.63, 3.8) is 0 Å². The van der Waals surface area contributed by atoms with Gasteiger partial charge in [-0.2, -0.15) is 0 Å². The first-order valence-corrected chi connectivity index (χ1v) is 8.70. The molecule has 2 aromatic rings. The highest BCUT2D eigenvalue weighted by atomic mass is 19.1. The molecule has 1 saturated heterocycles. The molecule has 2 aliphatic rings. The third-order valence-electron chi connectivity index (χ3n) is 5.09. The zero-order chi connectivity index (χ0) is 16.4. The standard InChI is InChI=1S/C20H22FN3/c21-17-6-10-24(14-17)9-5-16-11-15-3-1-2-4-19(15)20(16)12-18-13-22-7-8-23-18/h1-4,7-8,13,17H,5-6,9-12,14H2. The van der Waals surface area contributed by atoms with Crippen LogP contribution in [-0.4, -0.2) is 40.7 Å². The van der Waals surface area contributed by atoms with Crippen molar-refractivity contribution in [2.75, 3.05) is 19.6 Å². The summed E-state index contributed by atoms with van der Waals surface area (Å²) in [4.78, 5) is 10.9. The molecule has 1 aliphatic carbocycles. The Morgan fingerprint density at radius 2 is 2.12 bits per heavy atom. The van der Waals surface area contributed by atoms with Crippen LogP contribution < -0.4 is 0 Å². The maximum Gasteiger partial charge on any atom is 0.114 e. The fraction of sp³-hybridized carbons (Fsp3) is 0.400. The van der Waals surface area contributed by atoms with Crippen LogP contribution in [0.2, 0.25) is 0 Å². The molecule has 1 unspecified atom stereocenters. The number of allylic oxidation sites excluding steroid dienone is 1. The highest BCUT2D eigenvalue weighted by Gasteiger charge is 2.25. The summed E-state index contributed by atoms with van der Waals surface area (Å²) in [5.41, 5.74) is 6.62. The Kier molecular flexibility index (Phi) is 4.39. The van der Waals surface area contributed by atoms with Gasteiger partial charge >= 0.3 is 0 Å². The van der Waals surface area contributed by atoms with Crippen LogP contribution in [0.15, 0.2) is 48.4 Å². The van der Waals surface area contributed by atoms with E-state index in [9.17, 15) is 4.39 Å². The summed E-state index contributed by atoms with van der Waals surface area (Å²) in [5, 5.41) is 0. The molecule has 2 heterocycles. The molecule has 0 N–H and O–H groups in total. The number of halogens is 1. The van der Waals surface area contributed by atoms with Crippen molar-refractivity contribution in [1.82, 2.24) is 14.9 Å². The number of likely N-dealkylation sites (tertiary alicyclic amines) is 1. The van der Waals surface area contributed by atoms with E-state index in [1.54, 1.807) is 12.4 Å². The van der Waals surface area contributed by atoms with E-state index in [0.717, 1.165) is 38.0 Å². The number of benzene rings is 1. The molecule has 0 bridgehead atoms.